The molecule has 0 fully saturated rings. The minimum Gasteiger partial charge on any atom is -0.293 e. The highest BCUT2D eigenvalue weighted by atomic mass is 32.1. The third-order valence-corrected chi connectivity index (χ3v) is 4.42. The van der Waals surface area contributed by atoms with E-state index in [9.17, 15) is 4.79 Å². The Bertz CT molecular complexity index is 763. The second-order valence-electron chi connectivity index (χ2n) is 4.53. The van der Waals surface area contributed by atoms with Gasteiger partial charge in [0.1, 0.15) is 0 Å². The Morgan fingerprint density at radius 1 is 1.28 bits per heavy atom. The van der Waals surface area contributed by atoms with Crippen LogP contribution in [0.5, 0.6) is 0 Å². The van der Waals surface area contributed by atoms with E-state index in [2.05, 4.69) is 10.1 Å². The summed E-state index contributed by atoms with van der Waals surface area (Å²) in [7, 11) is 0. The van der Waals surface area contributed by atoms with Gasteiger partial charge in [-0.05, 0) is 31.4 Å². The molecule has 3 aromatic rings. The molecule has 0 atom stereocenters. The molecule has 0 saturated carbocycles. The lowest BCUT2D eigenvalue weighted by Crippen LogP contribution is -2.16. The predicted octanol–water partition coefficient (Wildman–Crippen LogP) is 2.26. The molecule has 0 aliphatic heterocycles. The number of benzene rings is 1. The summed E-state index contributed by atoms with van der Waals surface area (Å²) in [6, 6.07) is 7.94. The van der Waals surface area contributed by atoms with Crippen LogP contribution in [0.1, 0.15) is 17.7 Å². The molecule has 2 aromatic heterocycles. The number of para-hydroxylation sites is 1. The van der Waals surface area contributed by atoms with Gasteiger partial charge >= 0.3 is 0 Å². The molecule has 18 heavy (non-hydrogen) atoms. The summed E-state index contributed by atoms with van der Waals surface area (Å²) in [6.07, 6.45) is 2.95. The molecule has 1 aliphatic rings. The Balaban J connectivity index is 1.95. The van der Waals surface area contributed by atoms with Gasteiger partial charge in [-0.1, -0.05) is 23.5 Å². The van der Waals surface area contributed by atoms with E-state index in [0.717, 1.165) is 45.9 Å². The van der Waals surface area contributed by atoms with Crippen LogP contribution in [0, 0.1) is 0 Å². The van der Waals surface area contributed by atoms with Gasteiger partial charge in [-0.15, -0.1) is 0 Å². The summed E-state index contributed by atoms with van der Waals surface area (Å²) in [5.41, 5.74) is 3.04. The molecule has 4 nitrogen and oxygen atoms in total. The Labute approximate surface area is 107 Å². The fraction of sp³-hybridized carbons (Fsp3) is 0.231. The van der Waals surface area contributed by atoms with E-state index in [-0.39, 0.29) is 5.56 Å². The Morgan fingerprint density at radius 2 is 2.17 bits per heavy atom. The lowest BCUT2D eigenvalue weighted by Gasteiger charge is -1.95. The SMILES string of the molecule is O=c1c2c([nH]n1-c1nc3ccccc3s1)CCC2. The van der Waals surface area contributed by atoms with Gasteiger partial charge in [-0.25, -0.2) is 4.98 Å². The highest BCUT2D eigenvalue weighted by Gasteiger charge is 2.21. The van der Waals surface area contributed by atoms with E-state index in [0.29, 0.717) is 0 Å². The minimum absolute atomic E-state index is 0.0709. The average molecular weight is 257 g/mol. The van der Waals surface area contributed by atoms with Crippen LogP contribution >= 0.6 is 11.3 Å². The van der Waals surface area contributed by atoms with E-state index in [1.165, 1.54) is 0 Å². The van der Waals surface area contributed by atoms with E-state index in [4.69, 9.17) is 0 Å². The van der Waals surface area contributed by atoms with Crippen molar-refractivity contribution in [3.05, 3.63) is 45.9 Å². The lowest BCUT2D eigenvalue weighted by atomic mass is 10.3. The van der Waals surface area contributed by atoms with Crippen LogP contribution < -0.4 is 5.56 Å². The van der Waals surface area contributed by atoms with Crippen LogP contribution in [0.25, 0.3) is 15.3 Å². The number of fused-ring (bicyclic) bond motifs is 2. The summed E-state index contributed by atoms with van der Waals surface area (Å²) < 4.78 is 2.70. The molecule has 1 aliphatic carbocycles. The van der Waals surface area contributed by atoms with E-state index in [1.807, 2.05) is 24.3 Å². The summed E-state index contributed by atoms with van der Waals surface area (Å²) in [5, 5.41) is 3.92. The first kappa shape index (κ1) is 10.1. The quantitative estimate of drug-likeness (QED) is 0.727. The molecule has 0 saturated heterocycles. The molecule has 0 bridgehead atoms. The first-order valence-electron chi connectivity index (χ1n) is 6.01. The van der Waals surface area contributed by atoms with Gasteiger partial charge in [0.25, 0.3) is 5.56 Å². The number of aryl methyl sites for hydroxylation is 1. The fourth-order valence-corrected chi connectivity index (χ4v) is 3.44. The van der Waals surface area contributed by atoms with Gasteiger partial charge in [0.15, 0.2) is 0 Å². The molecule has 0 spiro atoms. The normalized spacial score (nSPS) is 14.2. The van der Waals surface area contributed by atoms with Crippen molar-refractivity contribution in [2.45, 2.75) is 19.3 Å². The summed E-state index contributed by atoms with van der Waals surface area (Å²) >= 11 is 1.54. The van der Waals surface area contributed by atoms with Crippen molar-refractivity contribution in [1.82, 2.24) is 14.8 Å². The summed E-state index contributed by atoms with van der Waals surface area (Å²) in [5.74, 6) is 0. The third-order valence-electron chi connectivity index (χ3n) is 3.40. The number of rotatable bonds is 1. The Kier molecular flexibility index (Phi) is 1.99. The topological polar surface area (TPSA) is 50.7 Å². The number of nitrogens with zero attached hydrogens (tertiary/aromatic N) is 2. The molecule has 2 heterocycles. The monoisotopic (exact) mass is 257 g/mol. The van der Waals surface area contributed by atoms with Crippen molar-refractivity contribution in [3.8, 4) is 5.13 Å². The molecular weight excluding hydrogens is 246 g/mol. The molecule has 4 rings (SSSR count). The van der Waals surface area contributed by atoms with Crippen molar-refractivity contribution >= 4 is 21.6 Å². The maximum absolute atomic E-state index is 12.2. The third kappa shape index (κ3) is 1.31. The molecule has 5 heteroatoms. The van der Waals surface area contributed by atoms with Gasteiger partial charge in [-0.3, -0.25) is 9.89 Å². The van der Waals surface area contributed by atoms with Crippen LogP contribution in [-0.2, 0) is 12.8 Å². The smallest absolute Gasteiger partial charge is 0.276 e. The Hall–Kier alpha value is -1.88. The molecular formula is C13H11N3OS. The zero-order chi connectivity index (χ0) is 12.1. The van der Waals surface area contributed by atoms with Gasteiger partial charge in [0.05, 0.1) is 10.2 Å². The highest BCUT2D eigenvalue weighted by Crippen LogP contribution is 2.24. The van der Waals surface area contributed by atoms with Crippen LogP contribution in [0.3, 0.4) is 0 Å². The number of thiazole rings is 1. The van der Waals surface area contributed by atoms with E-state index >= 15 is 0 Å². The number of hydrogen-bond donors (Lipinski definition) is 1. The van der Waals surface area contributed by atoms with Crippen molar-refractivity contribution in [2.24, 2.45) is 0 Å². The number of aromatic amines is 1. The zero-order valence-corrected chi connectivity index (χ0v) is 10.5. The highest BCUT2D eigenvalue weighted by molar-refractivity contribution is 7.20. The first-order valence-corrected chi connectivity index (χ1v) is 6.83. The van der Waals surface area contributed by atoms with Crippen molar-refractivity contribution in [2.75, 3.05) is 0 Å². The van der Waals surface area contributed by atoms with Crippen LogP contribution in [0.2, 0.25) is 0 Å². The van der Waals surface area contributed by atoms with Gasteiger partial charge < -0.3 is 0 Å². The molecule has 1 N–H and O–H groups in total. The number of hydrogen-bond acceptors (Lipinski definition) is 3. The fourth-order valence-electron chi connectivity index (χ4n) is 2.51. The molecule has 0 radical (unpaired) electrons. The van der Waals surface area contributed by atoms with E-state index < -0.39 is 0 Å². The molecule has 1 aromatic carbocycles. The zero-order valence-electron chi connectivity index (χ0n) is 9.64. The molecule has 90 valence electrons. The van der Waals surface area contributed by atoms with Crippen molar-refractivity contribution < 1.29 is 0 Å². The maximum atomic E-state index is 12.2. The average Bonchev–Trinajstić information content (AvgIpc) is 3.04. The van der Waals surface area contributed by atoms with Gasteiger partial charge in [0.2, 0.25) is 5.13 Å². The standard InChI is InChI=1S/C13H11N3OS/c17-12-8-4-3-6-9(8)15-16(12)13-14-10-5-1-2-7-11(10)18-13/h1-2,5,7,15H,3-4,6H2. The maximum Gasteiger partial charge on any atom is 0.276 e. The minimum atomic E-state index is 0.0709. The lowest BCUT2D eigenvalue weighted by molar-refractivity contribution is 0.776. The number of nitrogens with one attached hydrogen (secondary N) is 1. The Morgan fingerprint density at radius 3 is 3.00 bits per heavy atom. The van der Waals surface area contributed by atoms with Crippen LogP contribution in [-0.4, -0.2) is 14.8 Å². The van der Waals surface area contributed by atoms with Crippen molar-refractivity contribution in [1.29, 1.82) is 0 Å². The van der Waals surface area contributed by atoms with E-state index in [1.54, 1.807) is 16.0 Å². The second-order valence-corrected chi connectivity index (χ2v) is 5.54. The molecule has 0 amide bonds. The summed E-state index contributed by atoms with van der Waals surface area (Å²) in [4.78, 5) is 16.7. The number of aromatic nitrogens is 3. The van der Waals surface area contributed by atoms with Crippen molar-refractivity contribution in [3.63, 3.8) is 0 Å². The molecule has 0 unspecified atom stereocenters. The first-order chi connectivity index (χ1) is 8.83. The van der Waals surface area contributed by atoms with Gasteiger partial charge in [0, 0.05) is 11.3 Å². The van der Waals surface area contributed by atoms with Crippen LogP contribution in [0.15, 0.2) is 29.1 Å². The number of H-pyrrole nitrogens is 1. The largest absolute Gasteiger partial charge is 0.293 e. The van der Waals surface area contributed by atoms with Gasteiger partial charge in [-0.2, -0.15) is 4.68 Å². The summed E-state index contributed by atoms with van der Waals surface area (Å²) in [6.45, 7) is 0. The predicted molar refractivity (Wildman–Crippen MR) is 71.6 cm³/mol. The second kappa shape index (κ2) is 3.55. The van der Waals surface area contributed by atoms with Crippen LogP contribution in [0.4, 0.5) is 0 Å².